The number of carbonyl (C=O) groups is 2. The second-order valence-electron chi connectivity index (χ2n) is 4.10. The molecule has 1 aromatic carbocycles. The molecule has 0 saturated heterocycles. The fourth-order valence-corrected chi connectivity index (χ4v) is 1.99. The van der Waals surface area contributed by atoms with E-state index < -0.39 is 12.0 Å². The number of anilines is 2. The minimum atomic E-state index is -1.01. The maximum atomic E-state index is 11.8. The molecule has 2 rings (SSSR count). The van der Waals surface area contributed by atoms with Crippen molar-refractivity contribution >= 4 is 23.3 Å². The first-order valence-corrected chi connectivity index (χ1v) is 5.46. The van der Waals surface area contributed by atoms with Crippen molar-refractivity contribution in [2.24, 2.45) is 0 Å². The highest BCUT2D eigenvalue weighted by Crippen LogP contribution is 2.34. The number of carboxylic acids is 1. The molecular weight excluding hydrogens is 236 g/mol. The minimum absolute atomic E-state index is 0.237. The number of likely N-dealkylation sites (N-methyl/N-ethyl adjacent to an activating group) is 1. The van der Waals surface area contributed by atoms with E-state index in [1.165, 1.54) is 0 Å². The zero-order valence-corrected chi connectivity index (χ0v) is 10.1. The molecule has 18 heavy (non-hydrogen) atoms. The maximum Gasteiger partial charge on any atom is 0.305 e. The van der Waals surface area contributed by atoms with E-state index in [4.69, 9.17) is 9.84 Å². The van der Waals surface area contributed by atoms with Crippen LogP contribution in [0.5, 0.6) is 5.75 Å². The summed E-state index contributed by atoms with van der Waals surface area (Å²) in [6.07, 6.45) is -0.237. The minimum Gasteiger partial charge on any atom is -0.497 e. The van der Waals surface area contributed by atoms with E-state index in [-0.39, 0.29) is 12.3 Å². The molecule has 0 aromatic heterocycles. The first kappa shape index (κ1) is 12.2. The molecule has 96 valence electrons. The van der Waals surface area contributed by atoms with E-state index in [0.717, 1.165) is 5.69 Å². The van der Waals surface area contributed by atoms with Crippen molar-refractivity contribution in [2.45, 2.75) is 12.5 Å². The zero-order chi connectivity index (χ0) is 13.3. The van der Waals surface area contributed by atoms with Crippen molar-refractivity contribution in [3.8, 4) is 5.75 Å². The molecule has 1 heterocycles. The van der Waals surface area contributed by atoms with Crippen molar-refractivity contribution in [1.29, 1.82) is 0 Å². The van der Waals surface area contributed by atoms with Gasteiger partial charge in [0.05, 0.1) is 24.9 Å². The Labute approximate surface area is 104 Å². The van der Waals surface area contributed by atoms with Gasteiger partial charge in [-0.05, 0) is 12.1 Å². The summed E-state index contributed by atoms with van der Waals surface area (Å²) in [7, 11) is 3.25. The Kier molecular flexibility index (Phi) is 3.10. The van der Waals surface area contributed by atoms with Crippen LogP contribution >= 0.6 is 0 Å². The highest BCUT2D eigenvalue weighted by Gasteiger charge is 2.32. The fraction of sp³-hybridized carbons (Fsp3) is 0.333. The van der Waals surface area contributed by atoms with E-state index in [1.807, 2.05) is 0 Å². The fourth-order valence-electron chi connectivity index (χ4n) is 1.99. The van der Waals surface area contributed by atoms with Crippen LogP contribution in [0, 0.1) is 0 Å². The van der Waals surface area contributed by atoms with Gasteiger partial charge >= 0.3 is 5.97 Å². The summed E-state index contributed by atoms with van der Waals surface area (Å²) in [6.45, 7) is 0. The third kappa shape index (κ3) is 2.09. The largest absolute Gasteiger partial charge is 0.497 e. The van der Waals surface area contributed by atoms with Crippen LogP contribution in [0.15, 0.2) is 18.2 Å². The highest BCUT2D eigenvalue weighted by atomic mass is 16.5. The van der Waals surface area contributed by atoms with Gasteiger partial charge in [0.15, 0.2) is 0 Å². The number of nitrogens with zero attached hydrogens (tertiary/aromatic N) is 1. The number of ether oxygens (including phenoxy) is 1. The summed E-state index contributed by atoms with van der Waals surface area (Å²) in [5.41, 5.74) is 1.41. The molecule has 1 aromatic rings. The van der Waals surface area contributed by atoms with Gasteiger partial charge in [0.25, 0.3) is 0 Å². The summed E-state index contributed by atoms with van der Waals surface area (Å²) >= 11 is 0. The average molecular weight is 250 g/mol. The van der Waals surface area contributed by atoms with Crippen LogP contribution in [0.1, 0.15) is 6.42 Å². The molecular formula is C12H14N2O4. The van der Waals surface area contributed by atoms with Crippen molar-refractivity contribution in [3.05, 3.63) is 18.2 Å². The van der Waals surface area contributed by atoms with Crippen LogP contribution in [0.4, 0.5) is 11.4 Å². The van der Waals surface area contributed by atoms with Gasteiger partial charge in [-0.15, -0.1) is 0 Å². The molecule has 0 aliphatic carbocycles. The van der Waals surface area contributed by atoms with Gasteiger partial charge < -0.3 is 20.1 Å². The number of amides is 1. The predicted octanol–water partition coefficient (Wildman–Crippen LogP) is 0.927. The molecule has 0 saturated carbocycles. The molecule has 2 N–H and O–H groups in total. The van der Waals surface area contributed by atoms with Gasteiger partial charge in [0.1, 0.15) is 11.8 Å². The number of fused-ring (bicyclic) bond motifs is 1. The number of hydrogen-bond donors (Lipinski definition) is 2. The Bertz CT molecular complexity index is 501. The predicted molar refractivity (Wildman–Crippen MR) is 66.1 cm³/mol. The van der Waals surface area contributed by atoms with Crippen LogP contribution < -0.4 is 15.0 Å². The molecule has 1 aliphatic rings. The number of nitrogens with one attached hydrogen (secondary N) is 1. The average Bonchev–Trinajstić information content (AvgIpc) is 2.34. The van der Waals surface area contributed by atoms with Gasteiger partial charge in [-0.1, -0.05) is 0 Å². The normalized spacial score (nSPS) is 18.0. The van der Waals surface area contributed by atoms with Crippen molar-refractivity contribution in [3.63, 3.8) is 0 Å². The Hall–Kier alpha value is -2.24. The lowest BCUT2D eigenvalue weighted by atomic mass is 10.1. The maximum absolute atomic E-state index is 11.8. The van der Waals surface area contributed by atoms with Gasteiger partial charge in [0, 0.05) is 13.1 Å². The van der Waals surface area contributed by atoms with Crippen LogP contribution in [0.3, 0.4) is 0 Å². The SMILES string of the molecule is COc1ccc2c(c1)N(C)C(CC(=O)O)C(=O)N2. The van der Waals surface area contributed by atoms with Crippen LogP contribution in [0.25, 0.3) is 0 Å². The van der Waals surface area contributed by atoms with Crippen LogP contribution in [0.2, 0.25) is 0 Å². The molecule has 1 atom stereocenters. The van der Waals surface area contributed by atoms with Crippen molar-refractivity contribution in [1.82, 2.24) is 0 Å². The van der Waals surface area contributed by atoms with Crippen LogP contribution in [-0.2, 0) is 9.59 Å². The van der Waals surface area contributed by atoms with Crippen molar-refractivity contribution < 1.29 is 19.4 Å². The summed E-state index contributed by atoms with van der Waals surface area (Å²) < 4.78 is 5.12. The molecule has 1 unspecified atom stereocenters. The van der Waals surface area contributed by atoms with E-state index >= 15 is 0 Å². The van der Waals surface area contributed by atoms with E-state index in [0.29, 0.717) is 11.4 Å². The molecule has 6 heteroatoms. The molecule has 0 bridgehead atoms. The van der Waals surface area contributed by atoms with Gasteiger partial charge in [-0.2, -0.15) is 0 Å². The lowest BCUT2D eigenvalue weighted by Crippen LogP contribution is -2.47. The number of benzene rings is 1. The second kappa shape index (κ2) is 4.56. The molecule has 0 radical (unpaired) electrons. The topological polar surface area (TPSA) is 78.9 Å². The first-order chi connectivity index (χ1) is 8.52. The number of carboxylic acid groups (broad SMARTS) is 1. The second-order valence-corrected chi connectivity index (χ2v) is 4.10. The number of rotatable bonds is 3. The number of aliphatic carboxylic acids is 1. The molecule has 1 amide bonds. The van der Waals surface area contributed by atoms with Gasteiger partial charge in [-0.3, -0.25) is 9.59 Å². The van der Waals surface area contributed by atoms with Gasteiger partial charge in [0.2, 0.25) is 5.91 Å². The number of carbonyl (C=O) groups excluding carboxylic acids is 1. The molecule has 0 fully saturated rings. The van der Waals surface area contributed by atoms with E-state index in [9.17, 15) is 9.59 Å². The highest BCUT2D eigenvalue weighted by molar-refractivity contribution is 6.05. The summed E-state index contributed by atoms with van der Waals surface area (Å²) in [5.74, 6) is -0.656. The Balaban J connectivity index is 2.37. The monoisotopic (exact) mass is 250 g/mol. The number of methoxy groups -OCH3 is 1. The lowest BCUT2D eigenvalue weighted by molar-refractivity contribution is -0.138. The quantitative estimate of drug-likeness (QED) is 0.834. The summed E-state index contributed by atoms with van der Waals surface area (Å²) in [5, 5.41) is 11.5. The molecule has 1 aliphatic heterocycles. The first-order valence-electron chi connectivity index (χ1n) is 5.46. The standard InChI is InChI=1S/C12H14N2O4/c1-14-9-5-7(18-2)3-4-8(9)13-12(17)10(14)6-11(15)16/h3-5,10H,6H2,1-2H3,(H,13,17)(H,15,16). The van der Waals surface area contributed by atoms with Crippen LogP contribution in [-0.4, -0.2) is 37.2 Å². The van der Waals surface area contributed by atoms with E-state index in [2.05, 4.69) is 5.32 Å². The lowest BCUT2D eigenvalue weighted by Gasteiger charge is -2.34. The Morgan fingerprint density at radius 1 is 1.56 bits per heavy atom. The number of hydrogen-bond acceptors (Lipinski definition) is 4. The summed E-state index contributed by atoms with van der Waals surface area (Å²) in [4.78, 5) is 24.2. The molecule has 6 nitrogen and oxygen atoms in total. The van der Waals surface area contributed by atoms with Crippen molar-refractivity contribution in [2.75, 3.05) is 24.4 Å². The Morgan fingerprint density at radius 2 is 2.28 bits per heavy atom. The van der Waals surface area contributed by atoms with Gasteiger partial charge in [-0.25, -0.2) is 0 Å². The van der Waals surface area contributed by atoms with E-state index in [1.54, 1.807) is 37.3 Å². The zero-order valence-electron chi connectivity index (χ0n) is 10.1. The smallest absolute Gasteiger partial charge is 0.305 e. The molecule has 0 spiro atoms. The third-order valence-electron chi connectivity index (χ3n) is 2.98. The summed E-state index contributed by atoms with van der Waals surface area (Å²) in [6, 6.07) is 4.54. The Morgan fingerprint density at radius 3 is 2.89 bits per heavy atom. The third-order valence-corrected chi connectivity index (χ3v) is 2.98.